The highest BCUT2D eigenvalue weighted by Crippen LogP contribution is 2.36. The molecule has 0 aromatic carbocycles. The average molecular weight is 330 g/mol. The molecule has 132 valence electrons. The van der Waals surface area contributed by atoms with E-state index in [9.17, 15) is 9.90 Å². The number of methoxy groups -OCH3 is 1. The van der Waals surface area contributed by atoms with Crippen LogP contribution in [0.3, 0.4) is 0 Å². The van der Waals surface area contributed by atoms with Gasteiger partial charge in [-0.15, -0.1) is 0 Å². The van der Waals surface area contributed by atoms with Crippen LogP contribution in [0.15, 0.2) is 58.2 Å². The molecule has 3 heteroatoms. The number of allylic oxidation sites excluding steroid dienone is 6. The number of carbonyl (C=O) groups is 1. The third-order valence-corrected chi connectivity index (χ3v) is 5.00. The molecule has 0 aromatic heterocycles. The smallest absolute Gasteiger partial charge is 0.310 e. The highest BCUT2D eigenvalue weighted by molar-refractivity contribution is 5.75. The maximum absolute atomic E-state index is 11.5. The standard InChI is InChI=1S/C21H30O3/c1-8-9-10-18(17(6)21(22)23)16(5)20(24-7)19-12-11-13(2)14(3)15(19)4/h8-10,17,20H,5,11-12H2,1-4,6-7H3,(H,22,23)/b9-8-,18-10+. The summed E-state index contributed by atoms with van der Waals surface area (Å²) in [6.45, 7) is 14.2. The van der Waals surface area contributed by atoms with Crippen LogP contribution in [0, 0.1) is 5.92 Å². The van der Waals surface area contributed by atoms with E-state index >= 15 is 0 Å². The van der Waals surface area contributed by atoms with Gasteiger partial charge in [0.25, 0.3) is 0 Å². The summed E-state index contributed by atoms with van der Waals surface area (Å²) in [5.41, 5.74) is 6.58. The summed E-state index contributed by atoms with van der Waals surface area (Å²) in [4.78, 5) is 11.5. The summed E-state index contributed by atoms with van der Waals surface area (Å²) in [6.07, 6.45) is 7.21. The molecule has 0 fully saturated rings. The SMILES string of the molecule is C=C(/C(=C\C=C/C)C(C)C(=O)O)C(OC)C1=C(C)C(C)=C(C)CC1. The van der Waals surface area contributed by atoms with E-state index in [1.807, 2.05) is 25.2 Å². The van der Waals surface area contributed by atoms with E-state index in [2.05, 4.69) is 27.4 Å². The highest BCUT2D eigenvalue weighted by atomic mass is 16.5. The van der Waals surface area contributed by atoms with Crippen LogP contribution in [-0.4, -0.2) is 24.3 Å². The van der Waals surface area contributed by atoms with E-state index in [0.717, 1.165) is 18.4 Å². The third kappa shape index (κ3) is 4.35. The lowest BCUT2D eigenvalue weighted by atomic mass is 9.80. The Morgan fingerprint density at radius 1 is 1.25 bits per heavy atom. The van der Waals surface area contributed by atoms with Crippen LogP contribution in [0.25, 0.3) is 0 Å². The van der Waals surface area contributed by atoms with Gasteiger partial charge in [0, 0.05) is 7.11 Å². The van der Waals surface area contributed by atoms with Crippen molar-refractivity contribution in [2.45, 2.75) is 53.6 Å². The molecule has 0 aromatic rings. The Morgan fingerprint density at radius 3 is 2.38 bits per heavy atom. The number of hydrogen-bond donors (Lipinski definition) is 1. The molecule has 0 saturated carbocycles. The van der Waals surface area contributed by atoms with E-state index in [1.54, 1.807) is 14.0 Å². The molecule has 1 aliphatic rings. The van der Waals surface area contributed by atoms with Gasteiger partial charge in [-0.3, -0.25) is 4.79 Å². The lowest BCUT2D eigenvalue weighted by Crippen LogP contribution is -2.25. The van der Waals surface area contributed by atoms with Crippen molar-refractivity contribution in [3.05, 3.63) is 58.2 Å². The first-order valence-electron chi connectivity index (χ1n) is 8.40. The molecule has 1 N–H and O–H groups in total. The second kappa shape index (κ2) is 8.84. The van der Waals surface area contributed by atoms with Gasteiger partial charge in [0.15, 0.2) is 0 Å². The molecule has 0 amide bonds. The Hall–Kier alpha value is -1.87. The van der Waals surface area contributed by atoms with E-state index in [0.29, 0.717) is 5.57 Å². The van der Waals surface area contributed by atoms with Crippen molar-refractivity contribution >= 4 is 5.97 Å². The van der Waals surface area contributed by atoms with Crippen molar-refractivity contribution in [1.82, 2.24) is 0 Å². The predicted molar refractivity (Wildman–Crippen MR) is 99.9 cm³/mol. The van der Waals surface area contributed by atoms with Crippen molar-refractivity contribution < 1.29 is 14.6 Å². The normalized spacial score (nSPS) is 19.0. The van der Waals surface area contributed by atoms with Gasteiger partial charge < -0.3 is 9.84 Å². The van der Waals surface area contributed by atoms with Crippen molar-refractivity contribution in [3.63, 3.8) is 0 Å². The number of carboxylic acid groups (broad SMARTS) is 1. The first-order chi connectivity index (χ1) is 11.3. The average Bonchev–Trinajstić information content (AvgIpc) is 2.55. The molecule has 0 bridgehead atoms. The van der Waals surface area contributed by atoms with Crippen LogP contribution < -0.4 is 0 Å². The zero-order chi connectivity index (χ0) is 18.4. The summed E-state index contributed by atoms with van der Waals surface area (Å²) in [7, 11) is 1.66. The lowest BCUT2D eigenvalue weighted by molar-refractivity contribution is -0.139. The lowest BCUT2D eigenvalue weighted by Gasteiger charge is -2.30. The highest BCUT2D eigenvalue weighted by Gasteiger charge is 2.28. The summed E-state index contributed by atoms with van der Waals surface area (Å²) >= 11 is 0. The molecule has 0 aliphatic heterocycles. The first kappa shape index (κ1) is 20.2. The number of ether oxygens (including phenoxy) is 1. The Labute approximate surface area is 146 Å². The molecule has 1 rings (SSSR count). The van der Waals surface area contributed by atoms with Gasteiger partial charge in [-0.25, -0.2) is 0 Å². The fourth-order valence-corrected chi connectivity index (χ4v) is 3.09. The summed E-state index contributed by atoms with van der Waals surface area (Å²) in [5.74, 6) is -1.49. The zero-order valence-electron chi connectivity index (χ0n) is 15.8. The number of hydrogen-bond acceptors (Lipinski definition) is 2. The van der Waals surface area contributed by atoms with Crippen LogP contribution in [0.1, 0.15) is 47.5 Å². The molecular formula is C21H30O3. The minimum absolute atomic E-state index is 0.286. The molecule has 3 nitrogen and oxygen atoms in total. The molecule has 0 heterocycles. The van der Waals surface area contributed by atoms with Crippen molar-refractivity contribution in [2.24, 2.45) is 5.92 Å². The van der Waals surface area contributed by atoms with Gasteiger partial charge >= 0.3 is 5.97 Å². The van der Waals surface area contributed by atoms with Crippen molar-refractivity contribution in [3.8, 4) is 0 Å². The largest absolute Gasteiger partial charge is 0.481 e. The fourth-order valence-electron chi connectivity index (χ4n) is 3.09. The molecule has 0 spiro atoms. The van der Waals surface area contributed by atoms with Gasteiger partial charge in [-0.2, -0.15) is 0 Å². The van der Waals surface area contributed by atoms with Crippen LogP contribution >= 0.6 is 0 Å². The minimum atomic E-state index is -0.858. The Morgan fingerprint density at radius 2 is 1.88 bits per heavy atom. The zero-order valence-corrected chi connectivity index (χ0v) is 15.8. The molecule has 0 saturated heterocycles. The molecule has 24 heavy (non-hydrogen) atoms. The fraction of sp³-hybridized carbons (Fsp3) is 0.476. The summed E-state index contributed by atoms with van der Waals surface area (Å²) < 4.78 is 5.76. The second-order valence-electron chi connectivity index (χ2n) is 6.40. The predicted octanol–water partition coefficient (Wildman–Crippen LogP) is 5.23. The van der Waals surface area contributed by atoms with E-state index in [-0.39, 0.29) is 6.10 Å². The Bertz CT molecular complexity index is 629. The van der Waals surface area contributed by atoms with E-state index in [1.165, 1.54) is 22.3 Å². The van der Waals surface area contributed by atoms with Crippen LogP contribution in [0.4, 0.5) is 0 Å². The van der Waals surface area contributed by atoms with Crippen molar-refractivity contribution in [2.75, 3.05) is 7.11 Å². The van der Waals surface area contributed by atoms with Gasteiger partial charge in [-0.05, 0) is 75.3 Å². The molecule has 0 radical (unpaired) electrons. The third-order valence-electron chi connectivity index (χ3n) is 5.00. The topological polar surface area (TPSA) is 46.5 Å². The Balaban J connectivity index is 3.32. The van der Waals surface area contributed by atoms with E-state index < -0.39 is 11.9 Å². The molecular weight excluding hydrogens is 300 g/mol. The summed E-state index contributed by atoms with van der Waals surface area (Å²) in [6, 6.07) is 0. The van der Waals surface area contributed by atoms with Gasteiger partial charge in [0.1, 0.15) is 6.10 Å². The molecule has 2 atom stereocenters. The van der Waals surface area contributed by atoms with Crippen LogP contribution in [0.2, 0.25) is 0 Å². The van der Waals surface area contributed by atoms with Gasteiger partial charge in [0.05, 0.1) is 5.92 Å². The minimum Gasteiger partial charge on any atom is -0.481 e. The maximum atomic E-state index is 11.5. The Kier molecular flexibility index (Phi) is 7.43. The van der Waals surface area contributed by atoms with Crippen LogP contribution in [0.5, 0.6) is 0 Å². The number of rotatable bonds is 7. The van der Waals surface area contributed by atoms with Gasteiger partial charge in [-0.1, -0.05) is 30.4 Å². The second-order valence-corrected chi connectivity index (χ2v) is 6.40. The van der Waals surface area contributed by atoms with Crippen LogP contribution in [-0.2, 0) is 9.53 Å². The first-order valence-corrected chi connectivity index (χ1v) is 8.40. The molecule has 2 unspecified atom stereocenters. The quantitative estimate of drug-likeness (QED) is 0.650. The molecule has 1 aliphatic carbocycles. The summed E-state index contributed by atoms with van der Waals surface area (Å²) in [5, 5.41) is 9.43. The van der Waals surface area contributed by atoms with E-state index in [4.69, 9.17) is 4.74 Å². The monoisotopic (exact) mass is 330 g/mol. The maximum Gasteiger partial charge on any atom is 0.310 e. The number of carboxylic acids is 1. The van der Waals surface area contributed by atoms with Gasteiger partial charge in [0.2, 0.25) is 0 Å². The van der Waals surface area contributed by atoms with Crippen molar-refractivity contribution in [1.29, 1.82) is 0 Å². The number of aliphatic carboxylic acids is 1.